The second-order valence-electron chi connectivity index (χ2n) is 7.53. The normalized spacial score (nSPS) is 16.4. The van der Waals surface area contributed by atoms with Crippen molar-refractivity contribution >= 4 is 28.3 Å². The molecule has 1 atom stereocenters. The molecule has 150 valence electrons. The molecule has 1 aliphatic rings. The van der Waals surface area contributed by atoms with Gasteiger partial charge in [-0.3, -0.25) is 9.59 Å². The average molecular weight is 410 g/mol. The van der Waals surface area contributed by atoms with E-state index in [-0.39, 0.29) is 24.2 Å². The van der Waals surface area contributed by atoms with Crippen LogP contribution in [0.25, 0.3) is 11.3 Å². The van der Waals surface area contributed by atoms with Crippen LogP contribution in [0, 0.1) is 26.7 Å². The Labute approximate surface area is 173 Å². The molecule has 6 nitrogen and oxygen atoms in total. The number of nitrogens with zero attached hydrogens (tertiary/aromatic N) is 2. The number of nitrogens with one attached hydrogen (secondary N) is 1. The number of furan rings is 1. The summed E-state index contributed by atoms with van der Waals surface area (Å²) in [6, 6.07) is 7.90. The van der Waals surface area contributed by atoms with Crippen LogP contribution in [0.3, 0.4) is 0 Å². The average Bonchev–Trinajstić information content (AvgIpc) is 3.41. The van der Waals surface area contributed by atoms with E-state index in [1.807, 2.05) is 11.4 Å². The fourth-order valence-electron chi connectivity index (χ4n) is 3.59. The summed E-state index contributed by atoms with van der Waals surface area (Å²) in [7, 11) is 0. The smallest absolute Gasteiger partial charge is 0.231 e. The number of likely N-dealkylation sites (tertiary alicyclic amines) is 1. The number of aryl methyl sites for hydroxylation is 3. The predicted molar refractivity (Wildman–Crippen MR) is 113 cm³/mol. The molecule has 7 heteroatoms. The number of aromatic nitrogens is 1. The molecule has 29 heavy (non-hydrogen) atoms. The van der Waals surface area contributed by atoms with Gasteiger partial charge in [-0.1, -0.05) is 6.07 Å². The van der Waals surface area contributed by atoms with Crippen molar-refractivity contribution in [3.63, 3.8) is 0 Å². The van der Waals surface area contributed by atoms with Gasteiger partial charge in [0, 0.05) is 23.9 Å². The molecule has 2 aromatic heterocycles. The summed E-state index contributed by atoms with van der Waals surface area (Å²) >= 11 is 1.40. The molecule has 3 aromatic rings. The standard InChI is InChI=1S/C22H23N3O3S/c1-13-7-15(3)18(8-14(13)2)19-12-29-22(23-19)24-21(27)16-9-20(26)25(10-16)11-17-5-4-6-28-17/h4-8,12,16H,9-11H2,1-3H3,(H,23,24,27)/t16-/m1/s1. The zero-order valence-electron chi connectivity index (χ0n) is 16.7. The first-order valence-electron chi connectivity index (χ1n) is 9.55. The SMILES string of the molecule is Cc1cc(C)c(-c2csc(NC(=O)[C@@H]3CC(=O)N(Cc4ccco4)C3)n2)cc1C. The molecule has 1 N–H and O–H groups in total. The van der Waals surface area contributed by atoms with Gasteiger partial charge in [-0.15, -0.1) is 11.3 Å². The highest BCUT2D eigenvalue weighted by Gasteiger charge is 2.35. The Balaban J connectivity index is 1.42. The number of hydrogen-bond acceptors (Lipinski definition) is 5. The topological polar surface area (TPSA) is 75.4 Å². The van der Waals surface area contributed by atoms with Gasteiger partial charge in [0.05, 0.1) is 24.4 Å². The van der Waals surface area contributed by atoms with Gasteiger partial charge < -0.3 is 14.6 Å². The van der Waals surface area contributed by atoms with Crippen LogP contribution in [0.4, 0.5) is 5.13 Å². The minimum atomic E-state index is -0.381. The van der Waals surface area contributed by atoms with Crippen LogP contribution in [0.2, 0.25) is 0 Å². The molecule has 3 heterocycles. The van der Waals surface area contributed by atoms with Gasteiger partial charge >= 0.3 is 0 Å². The summed E-state index contributed by atoms with van der Waals surface area (Å²) in [6.45, 7) is 7.02. The highest BCUT2D eigenvalue weighted by Crippen LogP contribution is 2.30. The first-order valence-corrected chi connectivity index (χ1v) is 10.4. The molecule has 1 aliphatic heterocycles. The van der Waals surface area contributed by atoms with Crippen molar-refractivity contribution in [1.29, 1.82) is 0 Å². The lowest BCUT2D eigenvalue weighted by Gasteiger charge is -2.14. The maximum atomic E-state index is 12.7. The maximum absolute atomic E-state index is 12.7. The summed E-state index contributed by atoms with van der Waals surface area (Å²) in [4.78, 5) is 31.2. The minimum absolute atomic E-state index is 0.0351. The number of carbonyl (C=O) groups excluding carboxylic acids is 2. The Morgan fingerprint density at radius 1 is 1.28 bits per heavy atom. The van der Waals surface area contributed by atoms with E-state index in [1.54, 1.807) is 17.2 Å². The summed E-state index contributed by atoms with van der Waals surface area (Å²) < 4.78 is 5.30. The Kier molecular flexibility index (Phi) is 5.24. The van der Waals surface area contributed by atoms with Crippen LogP contribution in [-0.2, 0) is 16.1 Å². The van der Waals surface area contributed by atoms with Crippen molar-refractivity contribution in [2.45, 2.75) is 33.7 Å². The molecule has 1 aromatic carbocycles. The number of carbonyl (C=O) groups is 2. The molecular weight excluding hydrogens is 386 g/mol. The summed E-state index contributed by atoms with van der Waals surface area (Å²) in [6.07, 6.45) is 1.79. The van der Waals surface area contributed by atoms with Crippen molar-refractivity contribution in [2.75, 3.05) is 11.9 Å². The van der Waals surface area contributed by atoms with Crippen LogP contribution in [-0.4, -0.2) is 28.2 Å². The number of hydrogen-bond donors (Lipinski definition) is 1. The van der Waals surface area contributed by atoms with Crippen LogP contribution in [0.15, 0.2) is 40.3 Å². The van der Waals surface area contributed by atoms with Gasteiger partial charge in [0.15, 0.2) is 5.13 Å². The third-order valence-corrected chi connectivity index (χ3v) is 6.12. The molecule has 1 saturated heterocycles. The van der Waals surface area contributed by atoms with E-state index < -0.39 is 0 Å². The van der Waals surface area contributed by atoms with Crippen molar-refractivity contribution < 1.29 is 14.0 Å². The van der Waals surface area contributed by atoms with Crippen LogP contribution < -0.4 is 5.32 Å². The van der Waals surface area contributed by atoms with Gasteiger partial charge in [0.1, 0.15) is 5.76 Å². The molecule has 0 saturated carbocycles. The van der Waals surface area contributed by atoms with Gasteiger partial charge in [-0.2, -0.15) is 0 Å². The Morgan fingerprint density at radius 2 is 2.07 bits per heavy atom. The fraction of sp³-hybridized carbons (Fsp3) is 0.318. The molecule has 2 amide bonds. The lowest BCUT2D eigenvalue weighted by atomic mass is 9.99. The second kappa shape index (κ2) is 7.83. The number of anilines is 1. The Bertz CT molecular complexity index is 1060. The lowest BCUT2D eigenvalue weighted by molar-refractivity contribution is -0.128. The van der Waals surface area contributed by atoms with Gasteiger partial charge in [-0.25, -0.2) is 4.98 Å². The number of benzene rings is 1. The summed E-state index contributed by atoms with van der Waals surface area (Å²) in [5.74, 6) is 0.131. The molecular formula is C22H23N3O3S. The fourth-order valence-corrected chi connectivity index (χ4v) is 4.30. The highest BCUT2D eigenvalue weighted by atomic mass is 32.1. The number of rotatable bonds is 5. The highest BCUT2D eigenvalue weighted by molar-refractivity contribution is 7.14. The monoisotopic (exact) mass is 409 g/mol. The molecule has 0 bridgehead atoms. The molecule has 0 unspecified atom stereocenters. The van der Waals surface area contributed by atoms with Crippen molar-refractivity contribution in [1.82, 2.24) is 9.88 Å². The van der Waals surface area contributed by atoms with Crippen LogP contribution >= 0.6 is 11.3 Å². The zero-order valence-corrected chi connectivity index (χ0v) is 17.5. The van der Waals surface area contributed by atoms with Crippen molar-refractivity contribution in [2.24, 2.45) is 5.92 Å². The first kappa shape index (κ1) is 19.4. The quantitative estimate of drug-likeness (QED) is 0.681. The van der Waals surface area contributed by atoms with E-state index in [4.69, 9.17) is 4.42 Å². The van der Waals surface area contributed by atoms with E-state index in [0.29, 0.717) is 24.0 Å². The van der Waals surface area contributed by atoms with Crippen molar-refractivity contribution in [3.8, 4) is 11.3 Å². The van der Waals surface area contributed by atoms with E-state index in [1.165, 1.54) is 22.5 Å². The maximum Gasteiger partial charge on any atom is 0.231 e. The Morgan fingerprint density at radius 3 is 2.83 bits per heavy atom. The third-order valence-electron chi connectivity index (χ3n) is 5.36. The lowest BCUT2D eigenvalue weighted by Crippen LogP contribution is -2.27. The molecule has 0 radical (unpaired) electrons. The summed E-state index contributed by atoms with van der Waals surface area (Å²) in [5, 5.41) is 5.39. The first-order chi connectivity index (χ1) is 13.9. The van der Waals surface area contributed by atoms with Crippen molar-refractivity contribution in [3.05, 3.63) is 58.4 Å². The van der Waals surface area contributed by atoms with Gasteiger partial charge in [0.25, 0.3) is 0 Å². The third kappa shape index (κ3) is 4.10. The molecule has 0 spiro atoms. The number of amides is 2. The second-order valence-corrected chi connectivity index (χ2v) is 8.39. The van der Waals surface area contributed by atoms with E-state index in [0.717, 1.165) is 16.8 Å². The largest absolute Gasteiger partial charge is 0.467 e. The van der Waals surface area contributed by atoms with Crippen LogP contribution in [0.1, 0.15) is 28.9 Å². The van der Waals surface area contributed by atoms with E-state index in [2.05, 4.69) is 43.2 Å². The Hall–Kier alpha value is -2.93. The zero-order chi connectivity index (χ0) is 20.5. The predicted octanol–water partition coefficient (Wildman–Crippen LogP) is 4.32. The summed E-state index contributed by atoms with van der Waals surface area (Å²) in [5.41, 5.74) is 5.55. The van der Waals surface area contributed by atoms with E-state index in [9.17, 15) is 9.59 Å². The molecule has 4 rings (SSSR count). The molecule has 1 fully saturated rings. The minimum Gasteiger partial charge on any atom is -0.467 e. The number of thiazole rings is 1. The van der Waals surface area contributed by atoms with Gasteiger partial charge in [-0.05, 0) is 55.7 Å². The molecule has 0 aliphatic carbocycles. The van der Waals surface area contributed by atoms with Gasteiger partial charge in [0.2, 0.25) is 11.8 Å². The van der Waals surface area contributed by atoms with E-state index >= 15 is 0 Å². The van der Waals surface area contributed by atoms with Crippen LogP contribution in [0.5, 0.6) is 0 Å².